The normalized spacial score (nSPS) is 11.6. The van der Waals surface area contributed by atoms with Crippen molar-refractivity contribution in [3.63, 3.8) is 0 Å². The van der Waals surface area contributed by atoms with Crippen molar-refractivity contribution in [1.29, 1.82) is 0 Å². The first-order valence-corrected chi connectivity index (χ1v) is 7.31. The molecule has 0 amide bonds. The number of aryl methyl sites for hydroxylation is 1. The minimum absolute atomic E-state index is 0.0124. The third-order valence-corrected chi connectivity index (χ3v) is 3.96. The maximum Gasteiger partial charge on any atom is 0.305 e. The smallest absolute Gasteiger partial charge is 0.305 e. The third-order valence-electron chi connectivity index (χ3n) is 2.60. The van der Waals surface area contributed by atoms with Crippen molar-refractivity contribution in [2.75, 3.05) is 0 Å². The Morgan fingerprint density at radius 1 is 1.50 bits per heavy atom. The maximum absolute atomic E-state index is 12.0. The van der Waals surface area contributed by atoms with E-state index in [9.17, 15) is 13.2 Å². The standard InChI is InChI=1S/C11H14N4O4S/c16-11(17)2-4-15-8-10(7-13-15)20(18,19)14-6-9-1-3-12-5-9/h1,3,5,7-8,12,14H,2,4,6H2,(H,16,17). The quantitative estimate of drug-likeness (QED) is 0.673. The lowest BCUT2D eigenvalue weighted by Gasteiger charge is -2.02. The van der Waals surface area contributed by atoms with Crippen LogP contribution in [0.3, 0.4) is 0 Å². The summed E-state index contributed by atoms with van der Waals surface area (Å²) in [5, 5.41) is 12.4. The first-order valence-electron chi connectivity index (χ1n) is 5.83. The zero-order valence-corrected chi connectivity index (χ0v) is 11.3. The summed E-state index contributed by atoms with van der Waals surface area (Å²) in [6, 6.07) is 1.76. The topological polar surface area (TPSA) is 117 Å². The Labute approximate surface area is 115 Å². The molecule has 3 N–H and O–H groups in total. The van der Waals surface area contributed by atoms with Gasteiger partial charge in [-0.3, -0.25) is 9.48 Å². The van der Waals surface area contributed by atoms with Crippen molar-refractivity contribution >= 4 is 16.0 Å². The monoisotopic (exact) mass is 298 g/mol. The molecule has 0 spiro atoms. The number of nitrogens with one attached hydrogen (secondary N) is 2. The second-order valence-corrected chi connectivity index (χ2v) is 5.89. The number of rotatable bonds is 7. The van der Waals surface area contributed by atoms with Gasteiger partial charge in [-0.15, -0.1) is 0 Å². The molecule has 9 heteroatoms. The number of carboxylic acid groups (broad SMARTS) is 1. The van der Waals surface area contributed by atoms with Crippen LogP contribution in [0.2, 0.25) is 0 Å². The average Bonchev–Trinajstić information content (AvgIpc) is 3.05. The van der Waals surface area contributed by atoms with E-state index in [0.717, 1.165) is 5.56 Å². The van der Waals surface area contributed by atoms with Crippen LogP contribution in [-0.2, 0) is 27.9 Å². The highest BCUT2D eigenvalue weighted by Gasteiger charge is 2.16. The summed E-state index contributed by atoms with van der Waals surface area (Å²) >= 11 is 0. The van der Waals surface area contributed by atoms with Crippen molar-refractivity contribution in [2.24, 2.45) is 0 Å². The van der Waals surface area contributed by atoms with Crippen molar-refractivity contribution < 1.29 is 18.3 Å². The van der Waals surface area contributed by atoms with Crippen LogP contribution in [0.15, 0.2) is 35.7 Å². The van der Waals surface area contributed by atoms with Gasteiger partial charge in [-0.2, -0.15) is 5.10 Å². The molecule has 20 heavy (non-hydrogen) atoms. The Hall–Kier alpha value is -2.13. The lowest BCUT2D eigenvalue weighted by Crippen LogP contribution is -2.22. The number of nitrogens with zero attached hydrogens (tertiary/aromatic N) is 2. The van der Waals surface area contributed by atoms with Crippen LogP contribution in [0.5, 0.6) is 0 Å². The van der Waals surface area contributed by atoms with E-state index in [4.69, 9.17) is 5.11 Å². The minimum atomic E-state index is -3.65. The fraction of sp³-hybridized carbons (Fsp3) is 0.273. The molecule has 0 aliphatic heterocycles. The van der Waals surface area contributed by atoms with E-state index in [2.05, 4.69) is 14.8 Å². The molecule has 0 bridgehead atoms. The largest absolute Gasteiger partial charge is 0.481 e. The van der Waals surface area contributed by atoms with Gasteiger partial charge in [0.1, 0.15) is 4.90 Å². The predicted molar refractivity (Wildman–Crippen MR) is 69.3 cm³/mol. The fourth-order valence-electron chi connectivity index (χ4n) is 1.55. The summed E-state index contributed by atoms with van der Waals surface area (Å²) in [5.74, 6) is -0.963. The SMILES string of the molecule is O=C(O)CCn1cc(S(=O)(=O)NCc2cc[nH]c2)cn1. The molecule has 0 aliphatic rings. The van der Waals surface area contributed by atoms with Crippen LogP contribution in [0, 0.1) is 0 Å². The zero-order valence-electron chi connectivity index (χ0n) is 10.5. The third kappa shape index (κ3) is 3.68. The van der Waals surface area contributed by atoms with E-state index in [1.54, 1.807) is 18.5 Å². The molecule has 0 radical (unpaired) electrons. The summed E-state index contributed by atoms with van der Waals surface area (Å²) in [5.41, 5.74) is 0.812. The molecule has 0 atom stereocenters. The minimum Gasteiger partial charge on any atom is -0.481 e. The number of H-pyrrole nitrogens is 1. The van der Waals surface area contributed by atoms with Crippen molar-refractivity contribution in [1.82, 2.24) is 19.5 Å². The fourth-order valence-corrected chi connectivity index (χ4v) is 2.52. The molecule has 2 rings (SSSR count). The maximum atomic E-state index is 12.0. The molecule has 8 nitrogen and oxygen atoms in total. The van der Waals surface area contributed by atoms with E-state index in [1.165, 1.54) is 17.1 Å². The summed E-state index contributed by atoms with van der Waals surface area (Å²) in [4.78, 5) is 13.3. The van der Waals surface area contributed by atoms with E-state index < -0.39 is 16.0 Å². The molecule has 108 valence electrons. The van der Waals surface area contributed by atoms with E-state index >= 15 is 0 Å². The van der Waals surface area contributed by atoms with Crippen LogP contribution in [0.1, 0.15) is 12.0 Å². The van der Waals surface area contributed by atoms with Crippen LogP contribution in [0.25, 0.3) is 0 Å². The molecular weight excluding hydrogens is 284 g/mol. The number of hydrogen-bond acceptors (Lipinski definition) is 4. The first kappa shape index (κ1) is 14.3. The molecule has 2 aromatic heterocycles. The van der Waals surface area contributed by atoms with Gasteiger partial charge in [-0.25, -0.2) is 13.1 Å². The number of aliphatic carboxylic acids is 1. The Bertz CT molecular complexity index is 675. The van der Waals surface area contributed by atoms with Gasteiger partial charge in [0.05, 0.1) is 19.2 Å². The highest BCUT2D eigenvalue weighted by Crippen LogP contribution is 2.08. The molecule has 0 aliphatic carbocycles. The first-order chi connectivity index (χ1) is 9.47. The number of carboxylic acids is 1. The summed E-state index contributed by atoms with van der Waals surface area (Å²) in [6.07, 6.45) is 5.79. The highest BCUT2D eigenvalue weighted by molar-refractivity contribution is 7.89. The van der Waals surface area contributed by atoms with Gasteiger partial charge in [-0.05, 0) is 11.6 Å². The molecular formula is C11H14N4O4S. The predicted octanol–water partition coefficient (Wildman–Crippen LogP) is 0.164. The molecule has 0 unspecified atom stereocenters. The van der Waals surface area contributed by atoms with Gasteiger partial charge < -0.3 is 10.1 Å². The molecule has 0 saturated carbocycles. The Kier molecular flexibility index (Phi) is 4.20. The lowest BCUT2D eigenvalue weighted by molar-refractivity contribution is -0.137. The second-order valence-electron chi connectivity index (χ2n) is 4.13. The molecule has 0 saturated heterocycles. The Morgan fingerprint density at radius 3 is 2.95 bits per heavy atom. The highest BCUT2D eigenvalue weighted by atomic mass is 32.2. The summed E-state index contributed by atoms with van der Waals surface area (Å²) in [6.45, 7) is 0.300. The Balaban J connectivity index is 2.00. The lowest BCUT2D eigenvalue weighted by atomic mass is 10.4. The molecule has 0 fully saturated rings. The zero-order chi connectivity index (χ0) is 14.6. The molecule has 2 heterocycles. The number of sulfonamides is 1. The molecule has 0 aromatic carbocycles. The van der Waals surface area contributed by atoms with Crippen molar-refractivity contribution in [2.45, 2.75) is 24.4 Å². The van der Waals surface area contributed by atoms with E-state index in [1.807, 2.05) is 0 Å². The van der Waals surface area contributed by atoms with Gasteiger partial charge in [0, 0.05) is 25.1 Å². The van der Waals surface area contributed by atoms with Gasteiger partial charge in [0.15, 0.2) is 0 Å². The Morgan fingerprint density at radius 2 is 2.30 bits per heavy atom. The number of carbonyl (C=O) groups is 1. The van der Waals surface area contributed by atoms with Crippen LogP contribution < -0.4 is 4.72 Å². The van der Waals surface area contributed by atoms with Crippen LogP contribution >= 0.6 is 0 Å². The van der Waals surface area contributed by atoms with Crippen molar-refractivity contribution in [3.8, 4) is 0 Å². The summed E-state index contributed by atoms with van der Waals surface area (Å²) < 4.78 is 27.7. The van der Waals surface area contributed by atoms with E-state index in [0.29, 0.717) is 0 Å². The van der Waals surface area contributed by atoms with Crippen molar-refractivity contribution in [3.05, 3.63) is 36.4 Å². The second kappa shape index (κ2) is 5.88. The summed E-state index contributed by atoms with van der Waals surface area (Å²) in [7, 11) is -3.65. The van der Waals surface area contributed by atoms with E-state index in [-0.39, 0.29) is 24.4 Å². The van der Waals surface area contributed by atoms with Gasteiger partial charge >= 0.3 is 5.97 Å². The average molecular weight is 298 g/mol. The van der Waals surface area contributed by atoms with Crippen LogP contribution in [0.4, 0.5) is 0 Å². The van der Waals surface area contributed by atoms with Gasteiger partial charge in [0.2, 0.25) is 10.0 Å². The molecule has 2 aromatic rings. The van der Waals surface area contributed by atoms with Gasteiger partial charge in [-0.1, -0.05) is 0 Å². The number of aromatic nitrogens is 3. The number of hydrogen-bond donors (Lipinski definition) is 3. The number of aromatic amines is 1. The van der Waals surface area contributed by atoms with Crippen LogP contribution in [-0.4, -0.2) is 34.3 Å². The van der Waals surface area contributed by atoms with Gasteiger partial charge in [0.25, 0.3) is 0 Å².